The summed E-state index contributed by atoms with van der Waals surface area (Å²) >= 11 is 1.71. The van der Waals surface area contributed by atoms with Crippen molar-refractivity contribution in [3.8, 4) is 6.07 Å². The molecule has 0 atom stereocenters. The first-order valence-electron chi connectivity index (χ1n) is 5.07. The highest BCUT2D eigenvalue weighted by Gasteiger charge is 2.16. The SMILES string of the molecule is N#CCN1CCN(Cc2cncs2)CC1. The van der Waals surface area contributed by atoms with Gasteiger partial charge in [-0.05, 0) is 0 Å². The molecular formula is C10H14N4S. The van der Waals surface area contributed by atoms with Crippen molar-refractivity contribution in [3.05, 3.63) is 16.6 Å². The van der Waals surface area contributed by atoms with Crippen molar-refractivity contribution in [3.63, 3.8) is 0 Å². The second kappa shape index (κ2) is 5.21. The van der Waals surface area contributed by atoms with Crippen molar-refractivity contribution >= 4 is 11.3 Å². The zero-order valence-electron chi connectivity index (χ0n) is 8.59. The van der Waals surface area contributed by atoms with Gasteiger partial charge in [-0.25, -0.2) is 0 Å². The average molecular weight is 222 g/mol. The van der Waals surface area contributed by atoms with Gasteiger partial charge in [0.1, 0.15) is 0 Å². The molecule has 0 unspecified atom stereocenters. The first-order chi connectivity index (χ1) is 7.38. The van der Waals surface area contributed by atoms with E-state index in [4.69, 9.17) is 5.26 Å². The summed E-state index contributed by atoms with van der Waals surface area (Å²) in [5, 5.41) is 8.58. The first-order valence-corrected chi connectivity index (χ1v) is 5.95. The van der Waals surface area contributed by atoms with Crippen molar-refractivity contribution in [2.45, 2.75) is 6.54 Å². The highest BCUT2D eigenvalue weighted by molar-refractivity contribution is 7.09. The van der Waals surface area contributed by atoms with E-state index in [9.17, 15) is 0 Å². The Morgan fingerprint density at radius 3 is 2.67 bits per heavy atom. The molecule has 2 heterocycles. The minimum Gasteiger partial charge on any atom is -0.296 e. The van der Waals surface area contributed by atoms with Crippen LogP contribution in [-0.4, -0.2) is 47.5 Å². The van der Waals surface area contributed by atoms with Crippen molar-refractivity contribution in [1.29, 1.82) is 5.26 Å². The summed E-state index contributed by atoms with van der Waals surface area (Å²) < 4.78 is 0. The molecule has 0 saturated carbocycles. The fraction of sp³-hybridized carbons (Fsp3) is 0.600. The first kappa shape index (κ1) is 10.6. The van der Waals surface area contributed by atoms with E-state index in [-0.39, 0.29) is 0 Å². The summed E-state index contributed by atoms with van der Waals surface area (Å²) in [6, 6.07) is 2.20. The molecule has 1 aromatic heterocycles. The number of piperazine rings is 1. The van der Waals surface area contributed by atoms with Crippen molar-refractivity contribution in [1.82, 2.24) is 14.8 Å². The fourth-order valence-electron chi connectivity index (χ4n) is 1.75. The van der Waals surface area contributed by atoms with Crippen LogP contribution >= 0.6 is 11.3 Å². The molecule has 0 amide bonds. The molecule has 2 rings (SSSR count). The summed E-state index contributed by atoms with van der Waals surface area (Å²) in [5.74, 6) is 0. The topological polar surface area (TPSA) is 43.2 Å². The van der Waals surface area contributed by atoms with E-state index in [0.717, 1.165) is 32.7 Å². The Morgan fingerprint density at radius 1 is 1.33 bits per heavy atom. The number of rotatable bonds is 3. The Hall–Kier alpha value is -0.960. The van der Waals surface area contributed by atoms with Crippen LogP contribution in [0.25, 0.3) is 0 Å². The maximum absolute atomic E-state index is 8.58. The summed E-state index contributed by atoms with van der Waals surface area (Å²) in [6.07, 6.45) is 1.94. The summed E-state index contributed by atoms with van der Waals surface area (Å²) in [4.78, 5) is 10.0. The van der Waals surface area contributed by atoms with Crippen LogP contribution < -0.4 is 0 Å². The van der Waals surface area contributed by atoms with E-state index < -0.39 is 0 Å². The normalized spacial score (nSPS) is 18.9. The lowest BCUT2D eigenvalue weighted by Gasteiger charge is -2.32. The van der Waals surface area contributed by atoms with Crippen molar-refractivity contribution in [2.24, 2.45) is 0 Å². The van der Waals surface area contributed by atoms with Gasteiger partial charge in [0.2, 0.25) is 0 Å². The summed E-state index contributed by atoms with van der Waals surface area (Å²) in [6.45, 7) is 5.69. The fourth-order valence-corrected chi connectivity index (χ4v) is 2.38. The van der Waals surface area contributed by atoms with Gasteiger partial charge in [0, 0.05) is 43.8 Å². The molecule has 1 saturated heterocycles. The third-order valence-electron chi connectivity index (χ3n) is 2.62. The Bertz CT molecular complexity index is 322. The summed E-state index contributed by atoms with van der Waals surface area (Å²) in [7, 11) is 0. The van der Waals surface area contributed by atoms with Gasteiger partial charge >= 0.3 is 0 Å². The van der Waals surface area contributed by atoms with Gasteiger partial charge in [-0.1, -0.05) is 0 Å². The van der Waals surface area contributed by atoms with Crippen LogP contribution in [0.1, 0.15) is 4.88 Å². The van der Waals surface area contributed by atoms with Crippen molar-refractivity contribution < 1.29 is 0 Å². The Kier molecular flexibility index (Phi) is 3.67. The molecule has 1 aliphatic heterocycles. The summed E-state index contributed by atoms with van der Waals surface area (Å²) in [5.41, 5.74) is 1.88. The van der Waals surface area contributed by atoms with E-state index in [0.29, 0.717) is 6.54 Å². The molecule has 80 valence electrons. The van der Waals surface area contributed by atoms with Crippen LogP contribution in [0.2, 0.25) is 0 Å². The second-order valence-electron chi connectivity index (χ2n) is 3.68. The Labute approximate surface area is 93.8 Å². The Balaban J connectivity index is 1.77. The molecule has 1 aromatic rings. The maximum Gasteiger partial charge on any atom is 0.0866 e. The molecule has 0 aliphatic carbocycles. The Morgan fingerprint density at radius 2 is 2.07 bits per heavy atom. The molecule has 5 heteroatoms. The quantitative estimate of drug-likeness (QED) is 0.709. The van der Waals surface area contributed by atoms with E-state index >= 15 is 0 Å². The van der Waals surface area contributed by atoms with E-state index in [1.807, 2.05) is 11.7 Å². The molecule has 4 nitrogen and oxygen atoms in total. The predicted octanol–water partition coefficient (Wildman–Crippen LogP) is 0.784. The van der Waals surface area contributed by atoms with Crippen LogP contribution in [0.5, 0.6) is 0 Å². The van der Waals surface area contributed by atoms with Crippen molar-refractivity contribution in [2.75, 3.05) is 32.7 Å². The highest BCUT2D eigenvalue weighted by Crippen LogP contribution is 2.11. The predicted molar refractivity (Wildman–Crippen MR) is 59.4 cm³/mol. The number of aromatic nitrogens is 1. The largest absolute Gasteiger partial charge is 0.296 e. The molecule has 1 aliphatic rings. The van der Waals surface area contributed by atoms with Crippen LogP contribution in [-0.2, 0) is 6.54 Å². The van der Waals surface area contributed by atoms with Crippen LogP contribution in [0.4, 0.5) is 0 Å². The van der Waals surface area contributed by atoms with Crippen LogP contribution in [0.3, 0.4) is 0 Å². The van der Waals surface area contributed by atoms with Crippen LogP contribution in [0, 0.1) is 11.3 Å². The van der Waals surface area contributed by atoms with Gasteiger partial charge in [-0.2, -0.15) is 5.26 Å². The third kappa shape index (κ3) is 2.99. The van der Waals surface area contributed by atoms with E-state index in [1.165, 1.54) is 4.88 Å². The lowest BCUT2D eigenvalue weighted by atomic mass is 10.3. The van der Waals surface area contributed by atoms with E-state index in [2.05, 4.69) is 20.9 Å². The second-order valence-corrected chi connectivity index (χ2v) is 4.65. The van der Waals surface area contributed by atoms with Gasteiger partial charge in [-0.3, -0.25) is 14.8 Å². The standard InChI is InChI=1S/C10H14N4S/c11-1-2-13-3-5-14(6-4-13)8-10-7-12-9-15-10/h7,9H,2-6,8H2. The minimum atomic E-state index is 0.564. The van der Waals surface area contributed by atoms with Gasteiger partial charge in [-0.15, -0.1) is 11.3 Å². The molecule has 0 radical (unpaired) electrons. The lowest BCUT2D eigenvalue weighted by Crippen LogP contribution is -2.45. The van der Waals surface area contributed by atoms with Crippen LogP contribution in [0.15, 0.2) is 11.7 Å². The third-order valence-corrected chi connectivity index (χ3v) is 3.39. The molecule has 0 bridgehead atoms. The molecule has 1 fully saturated rings. The van der Waals surface area contributed by atoms with Gasteiger partial charge in [0.15, 0.2) is 0 Å². The number of thiazole rings is 1. The molecular weight excluding hydrogens is 208 g/mol. The molecule has 0 N–H and O–H groups in total. The van der Waals surface area contributed by atoms with Gasteiger partial charge in [0.25, 0.3) is 0 Å². The average Bonchev–Trinajstić information content (AvgIpc) is 2.74. The molecule has 0 aromatic carbocycles. The lowest BCUT2D eigenvalue weighted by molar-refractivity contribution is 0.139. The number of hydrogen-bond acceptors (Lipinski definition) is 5. The number of nitriles is 1. The van der Waals surface area contributed by atoms with Gasteiger partial charge in [0.05, 0.1) is 18.1 Å². The molecule has 0 spiro atoms. The highest BCUT2D eigenvalue weighted by atomic mass is 32.1. The number of hydrogen-bond donors (Lipinski definition) is 0. The maximum atomic E-state index is 8.58. The monoisotopic (exact) mass is 222 g/mol. The van der Waals surface area contributed by atoms with Gasteiger partial charge < -0.3 is 0 Å². The smallest absolute Gasteiger partial charge is 0.0866 e. The van der Waals surface area contributed by atoms with E-state index in [1.54, 1.807) is 11.3 Å². The zero-order valence-corrected chi connectivity index (χ0v) is 9.41. The minimum absolute atomic E-state index is 0.564. The molecule has 15 heavy (non-hydrogen) atoms. The number of nitrogens with zero attached hydrogens (tertiary/aromatic N) is 4. The zero-order chi connectivity index (χ0) is 10.5.